The first-order chi connectivity index (χ1) is 9.91. The maximum atomic E-state index is 3.63. The number of rotatable bonds is 5. The molecule has 0 saturated heterocycles. The molecule has 0 amide bonds. The Morgan fingerprint density at radius 2 is 1.67 bits per heavy atom. The average molecular weight is 287 g/mol. The van der Waals surface area contributed by atoms with Crippen LogP contribution in [0.3, 0.4) is 0 Å². The first-order valence-corrected chi connectivity index (χ1v) is 8.68. The second kappa shape index (κ2) is 6.52. The molecule has 1 heteroatoms. The molecule has 0 aromatic heterocycles. The maximum Gasteiger partial charge on any atom is 0.0161 e. The molecule has 1 unspecified atom stereocenters. The molecule has 0 bridgehead atoms. The van der Waals surface area contributed by atoms with Crippen LogP contribution in [0.5, 0.6) is 0 Å². The average Bonchev–Trinajstić information content (AvgIpc) is 2.94. The Hall–Kier alpha value is -0.820. The quantitative estimate of drug-likeness (QED) is 0.796. The molecule has 2 rings (SSSR count). The minimum Gasteiger partial charge on any atom is -0.316 e. The predicted octanol–water partition coefficient (Wildman–Crippen LogP) is 5.09. The van der Waals surface area contributed by atoms with Gasteiger partial charge in [0.1, 0.15) is 0 Å². The summed E-state index contributed by atoms with van der Waals surface area (Å²) in [5.74, 6) is 0. The van der Waals surface area contributed by atoms with Gasteiger partial charge in [0.25, 0.3) is 0 Å². The minimum atomic E-state index is 0.247. The molecule has 1 atom stereocenters. The molecule has 1 fully saturated rings. The van der Waals surface area contributed by atoms with Crippen molar-refractivity contribution >= 4 is 0 Å². The lowest BCUT2D eigenvalue weighted by atomic mass is 9.74. The fraction of sp³-hybridized carbons (Fsp3) is 0.700. The van der Waals surface area contributed by atoms with Crippen LogP contribution in [0.2, 0.25) is 0 Å². The minimum absolute atomic E-state index is 0.247. The largest absolute Gasteiger partial charge is 0.316 e. The van der Waals surface area contributed by atoms with Gasteiger partial charge in [0, 0.05) is 6.04 Å². The summed E-state index contributed by atoms with van der Waals surface area (Å²) < 4.78 is 0. The number of hydrogen-bond acceptors (Lipinski definition) is 1. The van der Waals surface area contributed by atoms with E-state index in [-0.39, 0.29) is 5.41 Å². The van der Waals surface area contributed by atoms with E-state index in [1.54, 1.807) is 0 Å². The first-order valence-electron chi connectivity index (χ1n) is 8.68. The molecule has 1 aliphatic rings. The van der Waals surface area contributed by atoms with Crippen LogP contribution in [-0.2, 0) is 11.8 Å². The summed E-state index contributed by atoms with van der Waals surface area (Å²) in [4.78, 5) is 0. The van der Waals surface area contributed by atoms with Crippen LogP contribution in [0, 0.1) is 5.41 Å². The highest BCUT2D eigenvalue weighted by Gasteiger charge is 2.38. The van der Waals surface area contributed by atoms with Gasteiger partial charge in [-0.15, -0.1) is 0 Å². The van der Waals surface area contributed by atoms with Crippen LogP contribution in [0.4, 0.5) is 0 Å². The van der Waals surface area contributed by atoms with Crippen molar-refractivity contribution in [3.63, 3.8) is 0 Å². The van der Waals surface area contributed by atoms with Crippen molar-refractivity contribution in [2.24, 2.45) is 5.41 Å². The van der Waals surface area contributed by atoms with Crippen molar-refractivity contribution in [3.05, 3.63) is 35.4 Å². The van der Waals surface area contributed by atoms with E-state index in [0.717, 1.165) is 6.42 Å². The van der Waals surface area contributed by atoms with Gasteiger partial charge in [-0.3, -0.25) is 0 Å². The number of nitrogens with one attached hydrogen (secondary N) is 1. The summed E-state index contributed by atoms with van der Waals surface area (Å²) in [6.45, 7) is 9.22. The lowest BCUT2D eigenvalue weighted by molar-refractivity contribution is 0.192. The summed E-state index contributed by atoms with van der Waals surface area (Å²) >= 11 is 0. The van der Waals surface area contributed by atoms with Crippen LogP contribution in [-0.4, -0.2) is 13.1 Å². The molecule has 0 spiro atoms. The third-order valence-electron chi connectivity index (χ3n) is 5.65. The molecular formula is C20H33N. The van der Waals surface area contributed by atoms with E-state index in [0.29, 0.717) is 11.5 Å². The lowest BCUT2D eigenvalue weighted by Crippen LogP contribution is -2.43. The summed E-state index contributed by atoms with van der Waals surface area (Å²) in [5.41, 5.74) is 3.68. The van der Waals surface area contributed by atoms with Gasteiger partial charge in [0.2, 0.25) is 0 Å². The van der Waals surface area contributed by atoms with Gasteiger partial charge < -0.3 is 5.32 Å². The highest BCUT2D eigenvalue weighted by molar-refractivity contribution is 5.28. The molecule has 0 aliphatic heterocycles. The maximum absolute atomic E-state index is 3.63. The SMILES string of the molecule is CCC1(C(Cc2ccc(C(C)(C)C)cc2)NC)CCCC1. The zero-order valence-corrected chi connectivity index (χ0v) is 14.6. The molecule has 1 aliphatic carbocycles. The van der Waals surface area contributed by atoms with Crippen LogP contribution >= 0.6 is 0 Å². The van der Waals surface area contributed by atoms with E-state index in [2.05, 4.69) is 64.3 Å². The third-order valence-corrected chi connectivity index (χ3v) is 5.65. The zero-order valence-electron chi connectivity index (χ0n) is 14.6. The van der Waals surface area contributed by atoms with Gasteiger partial charge in [0.05, 0.1) is 0 Å². The zero-order chi connectivity index (χ0) is 15.5. The van der Waals surface area contributed by atoms with Gasteiger partial charge in [-0.25, -0.2) is 0 Å². The number of likely N-dealkylation sites (N-methyl/N-ethyl adjacent to an activating group) is 1. The van der Waals surface area contributed by atoms with E-state index in [4.69, 9.17) is 0 Å². The smallest absolute Gasteiger partial charge is 0.0161 e. The molecular weight excluding hydrogens is 254 g/mol. The van der Waals surface area contributed by atoms with E-state index in [1.807, 2.05) is 0 Å². The number of hydrogen-bond donors (Lipinski definition) is 1. The molecule has 1 aromatic rings. The molecule has 21 heavy (non-hydrogen) atoms. The summed E-state index contributed by atoms with van der Waals surface area (Å²) in [6, 6.07) is 9.92. The van der Waals surface area contributed by atoms with Crippen LogP contribution in [0.15, 0.2) is 24.3 Å². The summed E-state index contributed by atoms with van der Waals surface area (Å²) in [6.07, 6.45) is 8.08. The Balaban J connectivity index is 2.12. The lowest BCUT2D eigenvalue weighted by Gasteiger charge is -2.37. The van der Waals surface area contributed by atoms with Gasteiger partial charge in [-0.1, -0.05) is 64.8 Å². The molecule has 1 nitrogen and oxygen atoms in total. The van der Waals surface area contributed by atoms with Crippen LogP contribution in [0.1, 0.15) is 70.9 Å². The molecule has 0 radical (unpaired) electrons. The van der Waals surface area contributed by atoms with Gasteiger partial charge in [-0.05, 0) is 54.7 Å². The Bertz CT molecular complexity index is 432. The first kappa shape index (κ1) is 16.5. The summed E-state index contributed by atoms with van der Waals surface area (Å²) in [5, 5.41) is 3.63. The van der Waals surface area contributed by atoms with Crippen molar-refractivity contribution in [1.82, 2.24) is 5.32 Å². The normalized spacial score (nSPS) is 19.7. The van der Waals surface area contributed by atoms with Crippen molar-refractivity contribution < 1.29 is 0 Å². The van der Waals surface area contributed by atoms with Gasteiger partial charge in [0.15, 0.2) is 0 Å². The van der Waals surface area contributed by atoms with Crippen LogP contribution in [0.25, 0.3) is 0 Å². The Labute approximate surface area is 131 Å². The van der Waals surface area contributed by atoms with E-state index in [9.17, 15) is 0 Å². The Kier molecular flexibility index (Phi) is 5.14. The predicted molar refractivity (Wildman–Crippen MR) is 92.9 cm³/mol. The third kappa shape index (κ3) is 3.69. The summed E-state index contributed by atoms with van der Waals surface area (Å²) in [7, 11) is 2.14. The fourth-order valence-corrected chi connectivity index (χ4v) is 4.03. The van der Waals surface area contributed by atoms with E-state index in [1.165, 1.54) is 43.2 Å². The molecule has 0 heterocycles. The molecule has 1 aromatic carbocycles. The Morgan fingerprint density at radius 3 is 2.10 bits per heavy atom. The van der Waals surface area contributed by atoms with Crippen LogP contribution < -0.4 is 5.32 Å². The highest BCUT2D eigenvalue weighted by Crippen LogP contribution is 2.44. The molecule has 1 N–H and O–H groups in total. The van der Waals surface area contributed by atoms with Gasteiger partial charge >= 0.3 is 0 Å². The van der Waals surface area contributed by atoms with Crippen molar-refractivity contribution in [1.29, 1.82) is 0 Å². The van der Waals surface area contributed by atoms with Crippen molar-refractivity contribution in [2.75, 3.05) is 7.05 Å². The Morgan fingerprint density at radius 1 is 1.10 bits per heavy atom. The van der Waals surface area contributed by atoms with Crippen molar-refractivity contribution in [2.45, 2.75) is 77.7 Å². The topological polar surface area (TPSA) is 12.0 Å². The molecule has 1 saturated carbocycles. The van der Waals surface area contributed by atoms with E-state index < -0.39 is 0 Å². The van der Waals surface area contributed by atoms with Crippen molar-refractivity contribution in [3.8, 4) is 0 Å². The highest BCUT2D eigenvalue weighted by atomic mass is 14.9. The second-order valence-corrected chi connectivity index (χ2v) is 7.92. The molecule has 118 valence electrons. The monoisotopic (exact) mass is 287 g/mol. The second-order valence-electron chi connectivity index (χ2n) is 7.92. The number of benzene rings is 1. The van der Waals surface area contributed by atoms with E-state index >= 15 is 0 Å². The fourth-order valence-electron chi connectivity index (χ4n) is 4.03. The standard InChI is InChI=1S/C20H33N/c1-6-20(13-7-8-14-20)18(21-5)15-16-9-11-17(12-10-16)19(2,3)4/h9-12,18,21H,6-8,13-15H2,1-5H3. The van der Waals surface area contributed by atoms with Gasteiger partial charge in [-0.2, -0.15) is 0 Å².